The molecule has 1 heterocycles. The maximum absolute atomic E-state index is 9.42. The molecular formula is C18H15NS. The summed E-state index contributed by atoms with van der Waals surface area (Å²) >= 11 is 1.72. The second-order valence-electron chi connectivity index (χ2n) is 4.99. The molecule has 1 atom stereocenters. The van der Waals surface area contributed by atoms with E-state index >= 15 is 0 Å². The number of hydrogen-bond acceptors (Lipinski definition) is 2. The van der Waals surface area contributed by atoms with Crippen LogP contribution in [0.3, 0.4) is 0 Å². The molecule has 1 aliphatic rings. The van der Waals surface area contributed by atoms with Gasteiger partial charge in [0.2, 0.25) is 0 Å². The number of nitriles is 1. The molecule has 1 unspecified atom stereocenters. The molecule has 2 aromatic rings. The van der Waals surface area contributed by atoms with Crippen LogP contribution in [0.5, 0.6) is 0 Å². The maximum atomic E-state index is 9.42. The number of allylic oxidation sites excluding steroid dienone is 2. The van der Waals surface area contributed by atoms with E-state index in [4.69, 9.17) is 0 Å². The molecule has 0 spiro atoms. The normalized spacial score (nSPS) is 16.6. The molecule has 1 aliphatic carbocycles. The van der Waals surface area contributed by atoms with Gasteiger partial charge in [-0.25, -0.2) is 0 Å². The summed E-state index contributed by atoms with van der Waals surface area (Å²) in [5, 5.41) is 11.9. The first-order chi connectivity index (χ1) is 9.70. The minimum atomic E-state index is 0.175. The van der Waals surface area contributed by atoms with Crippen LogP contribution < -0.4 is 10.4 Å². The fourth-order valence-corrected chi connectivity index (χ4v) is 3.83. The summed E-state index contributed by atoms with van der Waals surface area (Å²) in [5.74, 6) is 0.175. The molecule has 0 saturated carbocycles. The smallest absolute Gasteiger partial charge is 0.101 e. The number of thiophene rings is 1. The summed E-state index contributed by atoms with van der Waals surface area (Å²) in [6.45, 7) is 4.14. The number of benzene rings is 1. The van der Waals surface area contributed by atoms with E-state index in [1.54, 1.807) is 11.3 Å². The predicted molar refractivity (Wildman–Crippen MR) is 85.0 cm³/mol. The summed E-state index contributed by atoms with van der Waals surface area (Å²) in [4.78, 5) is 2.35. The topological polar surface area (TPSA) is 23.8 Å². The van der Waals surface area contributed by atoms with Gasteiger partial charge in [0.25, 0.3) is 0 Å². The van der Waals surface area contributed by atoms with E-state index in [1.165, 1.54) is 15.3 Å². The molecule has 0 aliphatic heterocycles. The molecule has 1 aromatic carbocycles. The Balaban J connectivity index is 2.23. The Bertz CT molecular complexity index is 847. The van der Waals surface area contributed by atoms with E-state index in [1.807, 2.05) is 6.92 Å². The van der Waals surface area contributed by atoms with Crippen LogP contribution in [0, 0.1) is 25.2 Å². The standard InChI is InChI=1S/C18H15NS/c1-12-17(11-19)18(13(2)20-12)16-9-5-8-14-6-3-4-7-15(14)10-16/h3-10,16H,1-2H3. The zero-order valence-electron chi connectivity index (χ0n) is 11.6. The number of aryl methyl sites for hydroxylation is 2. The highest BCUT2D eigenvalue weighted by Crippen LogP contribution is 2.34. The molecule has 0 bridgehead atoms. The highest BCUT2D eigenvalue weighted by molar-refractivity contribution is 7.12. The van der Waals surface area contributed by atoms with Gasteiger partial charge in [-0.05, 0) is 29.8 Å². The molecule has 0 radical (unpaired) electrons. The Morgan fingerprint density at radius 1 is 1.10 bits per heavy atom. The second kappa shape index (κ2) is 5.11. The number of fused-ring (bicyclic) bond motifs is 1. The third kappa shape index (κ3) is 2.11. The van der Waals surface area contributed by atoms with Gasteiger partial charge in [0.1, 0.15) is 6.07 Å². The lowest BCUT2D eigenvalue weighted by Crippen LogP contribution is -2.23. The molecule has 20 heavy (non-hydrogen) atoms. The van der Waals surface area contributed by atoms with Crippen molar-refractivity contribution >= 4 is 23.5 Å². The van der Waals surface area contributed by atoms with Crippen molar-refractivity contribution in [3.63, 3.8) is 0 Å². The van der Waals surface area contributed by atoms with E-state index in [0.29, 0.717) is 0 Å². The van der Waals surface area contributed by atoms with Crippen molar-refractivity contribution in [2.75, 3.05) is 0 Å². The fourth-order valence-electron chi connectivity index (χ4n) is 2.76. The molecule has 1 aromatic heterocycles. The highest BCUT2D eigenvalue weighted by Gasteiger charge is 2.18. The van der Waals surface area contributed by atoms with Crippen molar-refractivity contribution in [2.24, 2.45) is 0 Å². The van der Waals surface area contributed by atoms with Crippen molar-refractivity contribution in [3.8, 4) is 6.07 Å². The van der Waals surface area contributed by atoms with Crippen LogP contribution in [-0.2, 0) is 0 Å². The summed E-state index contributed by atoms with van der Waals surface area (Å²) in [6.07, 6.45) is 8.66. The molecule has 0 N–H and O–H groups in total. The van der Waals surface area contributed by atoms with E-state index in [-0.39, 0.29) is 5.92 Å². The average molecular weight is 277 g/mol. The van der Waals surface area contributed by atoms with Crippen LogP contribution in [0.15, 0.2) is 36.4 Å². The zero-order chi connectivity index (χ0) is 14.1. The monoisotopic (exact) mass is 277 g/mol. The lowest BCUT2D eigenvalue weighted by Gasteiger charge is -2.08. The van der Waals surface area contributed by atoms with E-state index < -0.39 is 0 Å². The Kier molecular flexibility index (Phi) is 3.30. The molecule has 2 heteroatoms. The molecule has 98 valence electrons. The van der Waals surface area contributed by atoms with Crippen LogP contribution in [-0.4, -0.2) is 0 Å². The van der Waals surface area contributed by atoms with Crippen molar-refractivity contribution in [1.29, 1.82) is 5.26 Å². The lowest BCUT2D eigenvalue weighted by molar-refractivity contribution is 1.12. The molecule has 3 rings (SSSR count). The largest absolute Gasteiger partial charge is 0.192 e. The Morgan fingerprint density at radius 3 is 2.60 bits per heavy atom. The molecule has 0 saturated heterocycles. The maximum Gasteiger partial charge on any atom is 0.101 e. The van der Waals surface area contributed by atoms with Gasteiger partial charge in [0.05, 0.1) is 5.56 Å². The summed E-state index contributed by atoms with van der Waals surface area (Å²) in [5.41, 5.74) is 2.01. The van der Waals surface area contributed by atoms with Crippen LogP contribution in [0.1, 0.15) is 26.8 Å². The first-order valence-corrected chi connectivity index (χ1v) is 7.48. The highest BCUT2D eigenvalue weighted by atomic mass is 32.1. The Labute approximate surface area is 122 Å². The van der Waals surface area contributed by atoms with Gasteiger partial charge in [-0.15, -0.1) is 11.3 Å². The molecule has 1 nitrogen and oxygen atoms in total. The third-order valence-electron chi connectivity index (χ3n) is 3.70. The van der Waals surface area contributed by atoms with Gasteiger partial charge in [-0.2, -0.15) is 5.26 Å². The van der Waals surface area contributed by atoms with Crippen molar-refractivity contribution in [2.45, 2.75) is 19.8 Å². The van der Waals surface area contributed by atoms with Crippen LogP contribution in [0.2, 0.25) is 0 Å². The van der Waals surface area contributed by atoms with Gasteiger partial charge in [-0.3, -0.25) is 0 Å². The summed E-state index contributed by atoms with van der Waals surface area (Å²) in [6, 6.07) is 10.7. The lowest BCUT2D eigenvalue weighted by atomic mass is 9.94. The SMILES string of the molecule is Cc1sc(C)c(C2C=CC=c3ccccc3=C2)c1C#N. The minimum Gasteiger partial charge on any atom is -0.192 e. The van der Waals surface area contributed by atoms with Gasteiger partial charge in [0, 0.05) is 15.7 Å². The predicted octanol–water partition coefficient (Wildman–Crippen LogP) is 3.15. The van der Waals surface area contributed by atoms with Crippen LogP contribution in [0.4, 0.5) is 0 Å². The van der Waals surface area contributed by atoms with Crippen molar-refractivity contribution in [1.82, 2.24) is 0 Å². The second-order valence-corrected chi connectivity index (χ2v) is 6.42. The number of rotatable bonds is 1. The average Bonchev–Trinajstić information content (AvgIpc) is 2.62. The third-order valence-corrected chi connectivity index (χ3v) is 4.74. The van der Waals surface area contributed by atoms with Crippen molar-refractivity contribution < 1.29 is 0 Å². The summed E-state index contributed by atoms with van der Waals surface area (Å²) in [7, 11) is 0. The first kappa shape index (κ1) is 12.9. The molecule has 0 fully saturated rings. The van der Waals surface area contributed by atoms with Gasteiger partial charge in [-0.1, -0.05) is 48.6 Å². The van der Waals surface area contributed by atoms with Gasteiger partial charge in [0.15, 0.2) is 0 Å². The fraction of sp³-hybridized carbons (Fsp3) is 0.167. The van der Waals surface area contributed by atoms with E-state index in [0.717, 1.165) is 16.0 Å². The quantitative estimate of drug-likeness (QED) is 0.785. The summed E-state index contributed by atoms with van der Waals surface area (Å²) < 4.78 is 0. The number of nitrogens with zero attached hydrogens (tertiary/aromatic N) is 1. The molecular weight excluding hydrogens is 262 g/mol. The Morgan fingerprint density at radius 2 is 1.85 bits per heavy atom. The van der Waals surface area contributed by atoms with Crippen LogP contribution >= 0.6 is 11.3 Å². The first-order valence-electron chi connectivity index (χ1n) is 6.66. The minimum absolute atomic E-state index is 0.175. The van der Waals surface area contributed by atoms with Crippen molar-refractivity contribution in [3.05, 3.63) is 67.7 Å². The number of hydrogen-bond donors (Lipinski definition) is 0. The zero-order valence-corrected chi connectivity index (χ0v) is 12.4. The van der Waals surface area contributed by atoms with E-state index in [2.05, 4.69) is 61.6 Å². The van der Waals surface area contributed by atoms with Gasteiger partial charge < -0.3 is 0 Å². The van der Waals surface area contributed by atoms with Crippen LogP contribution in [0.25, 0.3) is 12.2 Å². The Hall–Kier alpha value is -2.11. The molecule has 0 amide bonds. The van der Waals surface area contributed by atoms with Gasteiger partial charge >= 0.3 is 0 Å². The van der Waals surface area contributed by atoms with E-state index in [9.17, 15) is 5.26 Å².